The first-order valence-electron chi connectivity index (χ1n) is 13.0. The summed E-state index contributed by atoms with van der Waals surface area (Å²) in [4.78, 5) is 9.86. The van der Waals surface area contributed by atoms with Gasteiger partial charge < -0.3 is 14.4 Å². The fourth-order valence-electron chi connectivity index (χ4n) is 4.23. The Morgan fingerprint density at radius 2 is 1.45 bits per heavy atom. The van der Waals surface area contributed by atoms with Crippen LogP contribution in [0.5, 0.6) is 5.75 Å². The third kappa shape index (κ3) is 11.4. The lowest BCUT2D eigenvalue weighted by Crippen LogP contribution is -2.41. The molecular weight excluding hydrogens is 439 g/mol. The van der Waals surface area contributed by atoms with Gasteiger partial charge in [0.15, 0.2) is 0 Å². The molecule has 7 heteroatoms. The minimum Gasteiger partial charge on any atom is -0.494 e. The van der Waals surface area contributed by atoms with E-state index in [0.29, 0.717) is 19.6 Å². The molecule has 1 saturated heterocycles. The molecule has 2 rings (SSSR count). The van der Waals surface area contributed by atoms with Crippen molar-refractivity contribution in [1.82, 2.24) is 0 Å². The minimum absolute atomic E-state index is 0.469. The second kappa shape index (κ2) is 15.9. The van der Waals surface area contributed by atoms with E-state index in [0.717, 1.165) is 37.9 Å². The van der Waals surface area contributed by atoms with Crippen LogP contribution in [0.2, 0.25) is 0 Å². The molecule has 1 aliphatic heterocycles. The number of phosphoric ester groups is 1. The standard InChI is InChI=1S/C26H45O6P/c1-3-4-5-6-7-8-9-10-11-16-21-26(24(2)31-33(27,28)32-26)30-23-18-13-17-22-29-25-19-14-12-15-20-25/h12,14-15,19-20,24H,3-11,13,16-18,21-23H2,1-2H3,(H,27,28). The SMILES string of the molecule is CCCCCCCCCCCCC1(OCCCCCOc2ccccc2)OP(=O)(O)OC1C. The summed E-state index contributed by atoms with van der Waals surface area (Å²) in [6.45, 7) is 5.14. The Hall–Kier alpha value is -0.910. The molecule has 190 valence electrons. The van der Waals surface area contributed by atoms with E-state index in [9.17, 15) is 9.46 Å². The molecule has 1 aliphatic rings. The summed E-state index contributed by atoms with van der Waals surface area (Å²) >= 11 is 0. The zero-order valence-electron chi connectivity index (χ0n) is 20.7. The summed E-state index contributed by atoms with van der Waals surface area (Å²) in [5.74, 6) is -0.237. The van der Waals surface area contributed by atoms with Crippen LogP contribution in [0.1, 0.15) is 104 Å². The molecule has 3 atom stereocenters. The summed E-state index contributed by atoms with van der Waals surface area (Å²) in [5.41, 5.74) is 0. The second-order valence-electron chi connectivity index (χ2n) is 9.12. The van der Waals surface area contributed by atoms with Gasteiger partial charge in [0.05, 0.1) is 13.2 Å². The van der Waals surface area contributed by atoms with Crippen molar-refractivity contribution >= 4 is 7.82 Å². The molecule has 0 amide bonds. The third-order valence-corrected chi connectivity index (χ3v) is 7.33. The Morgan fingerprint density at radius 1 is 0.879 bits per heavy atom. The van der Waals surface area contributed by atoms with Crippen molar-refractivity contribution in [3.05, 3.63) is 30.3 Å². The molecule has 0 spiro atoms. The highest BCUT2D eigenvalue weighted by Gasteiger charge is 2.54. The number of para-hydroxylation sites is 1. The topological polar surface area (TPSA) is 74.2 Å². The van der Waals surface area contributed by atoms with Gasteiger partial charge in [0, 0.05) is 6.42 Å². The van der Waals surface area contributed by atoms with Crippen LogP contribution in [0.4, 0.5) is 0 Å². The molecule has 0 aliphatic carbocycles. The minimum atomic E-state index is -4.05. The highest BCUT2D eigenvalue weighted by Crippen LogP contribution is 2.58. The van der Waals surface area contributed by atoms with Gasteiger partial charge in [-0.3, -0.25) is 9.05 Å². The first kappa shape index (κ1) is 28.3. The van der Waals surface area contributed by atoms with Gasteiger partial charge in [-0.05, 0) is 44.7 Å². The maximum Gasteiger partial charge on any atom is 0.475 e. The van der Waals surface area contributed by atoms with Crippen LogP contribution in [0, 0.1) is 0 Å². The Bertz CT molecular complexity index is 670. The van der Waals surface area contributed by atoms with Crippen molar-refractivity contribution in [2.45, 2.75) is 116 Å². The van der Waals surface area contributed by atoms with E-state index < -0.39 is 19.7 Å². The van der Waals surface area contributed by atoms with Gasteiger partial charge in [0.25, 0.3) is 0 Å². The largest absolute Gasteiger partial charge is 0.494 e. The number of benzene rings is 1. The van der Waals surface area contributed by atoms with Gasteiger partial charge >= 0.3 is 7.82 Å². The summed E-state index contributed by atoms with van der Waals surface area (Å²) in [5, 5.41) is 0. The van der Waals surface area contributed by atoms with Crippen molar-refractivity contribution < 1.29 is 28.0 Å². The highest BCUT2D eigenvalue weighted by molar-refractivity contribution is 7.47. The van der Waals surface area contributed by atoms with Crippen molar-refractivity contribution in [3.63, 3.8) is 0 Å². The zero-order chi connectivity index (χ0) is 23.8. The van der Waals surface area contributed by atoms with Gasteiger partial charge in [-0.2, -0.15) is 0 Å². The van der Waals surface area contributed by atoms with E-state index in [1.165, 1.54) is 51.4 Å². The van der Waals surface area contributed by atoms with Crippen LogP contribution in [-0.4, -0.2) is 30.0 Å². The smallest absolute Gasteiger partial charge is 0.475 e. The van der Waals surface area contributed by atoms with Crippen LogP contribution in [0.25, 0.3) is 0 Å². The first-order valence-corrected chi connectivity index (χ1v) is 14.5. The van der Waals surface area contributed by atoms with Crippen molar-refractivity contribution in [2.24, 2.45) is 0 Å². The average molecular weight is 485 g/mol. The summed E-state index contributed by atoms with van der Waals surface area (Å²) in [6.07, 6.45) is 15.1. The van der Waals surface area contributed by atoms with Crippen molar-refractivity contribution in [2.75, 3.05) is 13.2 Å². The molecule has 1 heterocycles. The lowest BCUT2D eigenvalue weighted by Gasteiger charge is -2.30. The van der Waals surface area contributed by atoms with Gasteiger partial charge in [-0.1, -0.05) is 82.9 Å². The van der Waals surface area contributed by atoms with E-state index >= 15 is 0 Å². The van der Waals surface area contributed by atoms with E-state index in [1.807, 2.05) is 30.3 Å². The first-order chi connectivity index (χ1) is 16.0. The molecule has 3 unspecified atom stereocenters. The number of hydrogen-bond donors (Lipinski definition) is 1. The summed E-state index contributed by atoms with van der Waals surface area (Å²) < 4.78 is 34.5. The molecule has 33 heavy (non-hydrogen) atoms. The molecule has 1 aromatic carbocycles. The van der Waals surface area contributed by atoms with Gasteiger partial charge in [0.2, 0.25) is 5.79 Å². The Labute approximate surface area is 201 Å². The molecule has 0 saturated carbocycles. The molecule has 0 radical (unpaired) electrons. The third-order valence-electron chi connectivity index (χ3n) is 6.21. The van der Waals surface area contributed by atoms with Gasteiger partial charge in [-0.25, -0.2) is 4.57 Å². The van der Waals surface area contributed by atoms with E-state index in [1.54, 1.807) is 6.92 Å². The number of hydrogen-bond acceptors (Lipinski definition) is 5. The molecule has 0 bridgehead atoms. The normalized spacial score (nSPS) is 24.9. The van der Waals surface area contributed by atoms with Crippen LogP contribution in [0.15, 0.2) is 30.3 Å². The predicted octanol–water partition coefficient (Wildman–Crippen LogP) is 7.80. The van der Waals surface area contributed by atoms with Gasteiger partial charge in [0.1, 0.15) is 11.9 Å². The molecule has 0 aromatic heterocycles. The fraction of sp³-hybridized carbons (Fsp3) is 0.769. The molecule has 1 fully saturated rings. The van der Waals surface area contributed by atoms with Crippen LogP contribution < -0.4 is 4.74 Å². The quantitative estimate of drug-likeness (QED) is 0.159. The Morgan fingerprint density at radius 3 is 2.06 bits per heavy atom. The van der Waals surface area contributed by atoms with Crippen LogP contribution >= 0.6 is 7.82 Å². The van der Waals surface area contributed by atoms with Gasteiger partial charge in [-0.15, -0.1) is 0 Å². The zero-order valence-corrected chi connectivity index (χ0v) is 21.6. The predicted molar refractivity (Wildman–Crippen MR) is 132 cm³/mol. The lowest BCUT2D eigenvalue weighted by molar-refractivity contribution is -0.201. The highest BCUT2D eigenvalue weighted by atomic mass is 31.2. The van der Waals surface area contributed by atoms with E-state index in [-0.39, 0.29) is 0 Å². The number of unbranched alkanes of at least 4 members (excludes halogenated alkanes) is 11. The summed E-state index contributed by atoms with van der Waals surface area (Å²) in [7, 11) is -4.05. The Balaban J connectivity index is 1.61. The maximum absolute atomic E-state index is 12.0. The number of rotatable bonds is 19. The van der Waals surface area contributed by atoms with E-state index in [4.69, 9.17) is 18.5 Å². The molecule has 1 N–H and O–H groups in total. The monoisotopic (exact) mass is 484 g/mol. The van der Waals surface area contributed by atoms with Crippen LogP contribution in [0.3, 0.4) is 0 Å². The maximum atomic E-state index is 12.0. The van der Waals surface area contributed by atoms with Crippen molar-refractivity contribution in [3.8, 4) is 5.75 Å². The summed E-state index contributed by atoms with van der Waals surface area (Å²) in [6, 6.07) is 9.79. The number of ether oxygens (including phenoxy) is 2. The lowest BCUT2D eigenvalue weighted by atomic mass is 10.0. The molecule has 1 aromatic rings. The van der Waals surface area contributed by atoms with Crippen molar-refractivity contribution in [1.29, 1.82) is 0 Å². The molecular formula is C26H45O6P. The second-order valence-corrected chi connectivity index (χ2v) is 10.5. The van der Waals surface area contributed by atoms with E-state index in [2.05, 4.69) is 6.92 Å². The average Bonchev–Trinajstić information content (AvgIpc) is 3.03. The fourth-order valence-corrected chi connectivity index (χ4v) is 5.51. The number of phosphoric acid groups is 1. The molecule has 6 nitrogen and oxygen atoms in total. The van der Waals surface area contributed by atoms with Crippen LogP contribution in [-0.2, 0) is 18.3 Å². The Kier molecular flexibility index (Phi) is 13.6.